The standard InChI is InChI=1S/C17H21N3O4S/c1-4-24-17(22)13-7-5-12(6-8-13)16-10(2)18-20(11(16)3)15-9-14(21)19-25(15)23/h5,9,13H,4,6-8H2,1-3H3,(H,19,21). The summed E-state index contributed by atoms with van der Waals surface area (Å²) in [7, 11) is -1.58. The van der Waals surface area contributed by atoms with Gasteiger partial charge in [-0.15, -0.1) is 0 Å². The molecule has 2 aliphatic rings. The first-order chi connectivity index (χ1) is 11.9. The van der Waals surface area contributed by atoms with Crippen LogP contribution in [0.4, 0.5) is 0 Å². The minimum Gasteiger partial charge on any atom is -0.466 e. The molecule has 0 saturated heterocycles. The molecule has 1 aliphatic carbocycles. The van der Waals surface area contributed by atoms with E-state index in [1.807, 2.05) is 20.8 Å². The molecule has 0 spiro atoms. The summed E-state index contributed by atoms with van der Waals surface area (Å²) in [5.74, 6) is -0.610. The van der Waals surface area contributed by atoms with Crippen LogP contribution in [0.25, 0.3) is 10.6 Å². The Balaban J connectivity index is 1.87. The van der Waals surface area contributed by atoms with Gasteiger partial charge < -0.3 is 4.74 Å². The fourth-order valence-electron chi connectivity index (χ4n) is 3.34. The van der Waals surface area contributed by atoms with Crippen LogP contribution in [0, 0.1) is 19.8 Å². The van der Waals surface area contributed by atoms with Crippen molar-refractivity contribution in [3.63, 3.8) is 0 Å². The largest absolute Gasteiger partial charge is 0.466 e. The normalized spacial score (nSPS) is 23.1. The Kier molecular flexibility index (Phi) is 4.89. The molecule has 0 fully saturated rings. The van der Waals surface area contributed by atoms with Crippen molar-refractivity contribution in [2.45, 2.75) is 40.0 Å². The van der Waals surface area contributed by atoms with Gasteiger partial charge in [-0.2, -0.15) is 5.10 Å². The molecule has 3 rings (SSSR count). The maximum Gasteiger partial charge on any atom is 0.309 e. The summed E-state index contributed by atoms with van der Waals surface area (Å²) < 4.78 is 21.0. The fourth-order valence-corrected chi connectivity index (χ4v) is 4.23. The van der Waals surface area contributed by atoms with Gasteiger partial charge in [0.1, 0.15) is 0 Å². The minimum absolute atomic E-state index is 0.0915. The predicted molar refractivity (Wildman–Crippen MR) is 94.2 cm³/mol. The number of nitrogens with one attached hydrogen (secondary N) is 1. The lowest BCUT2D eigenvalue weighted by Gasteiger charge is -2.20. The van der Waals surface area contributed by atoms with Crippen LogP contribution in [0.2, 0.25) is 0 Å². The number of aromatic nitrogens is 2. The van der Waals surface area contributed by atoms with E-state index in [2.05, 4.69) is 15.9 Å². The number of carbonyl (C=O) groups excluding carboxylic acids is 2. The number of ether oxygens (including phenoxy) is 1. The minimum atomic E-state index is -1.58. The van der Waals surface area contributed by atoms with Crippen LogP contribution in [0.5, 0.6) is 0 Å². The lowest BCUT2D eigenvalue weighted by molar-refractivity contribution is -0.148. The van der Waals surface area contributed by atoms with E-state index in [4.69, 9.17) is 4.74 Å². The van der Waals surface area contributed by atoms with Crippen molar-refractivity contribution in [1.29, 1.82) is 0 Å². The number of rotatable bonds is 4. The van der Waals surface area contributed by atoms with Gasteiger partial charge in [0, 0.05) is 17.3 Å². The van der Waals surface area contributed by atoms with E-state index in [-0.39, 0.29) is 17.8 Å². The molecule has 0 bridgehead atoms. The zero-order valence-corrected chi connectivity index (χ0v) is 15.3. The maximum atomic E-state index is 12.0. The summed E-state index contributed by atoms with van der Waals surface area (Å²) in [4.78, 5) is 23.3. The highest BCUT2D eigenvalue weighted by molar-refractivity contribution is 7.93. The molecule has 25 heavy (non-hydrogen) atoms. The maximum absolute atomic E-state index is 12.0. The first-order valence-corrected chi connectivity index (χ1v) is 9.44. The van der Waals surface area contributed by atoms with Crippen molar-refractivity contribution in [1.82, 2.24) is 14.5 Å². The van der Waals surface area contributed by atoms with Crippen molar-refractivity contribution >= 4 is 33.5 Å². The summed E-state index contributed by atoms with van der Waals surface area (Å²) in [5.41, 5.74) is 3.79. The van der Waals surface area contributed by atoms with Crippen LogP contribution >= 0.6 is 0 Å². The number of aryl methyl sites for hydroxylation is 1. The molecule has 1 aliphatic heterocycles. The third-order valence-corrected chi connectivity index (χ3v) is 5.55. The van der Waals surface area contributed by atoms with E-state index < -0.39 is 11.0 Å². The van der Waals surface area contributed by atoms with Gasteiger partial charge in [-0.05, 0) is 45.6 Å². The second-order valence-electron chi connectivity index (χ2n) is 6.13. The second kappa shape index (κ2) is 6.95. The molecule has 1 amide bonds. The molecule has 134 valence electrons. The summed E-state index contributed by atoms with van der Waals surface area (Å²) in [5, 5.41) is 4.81. The predicted octanol–water partition coefficient (Wildman–Crippen LogP) is 1.84. The molecule has 1 aromatic heterocycles. The first-order valence-electron chi connectivity index (χ1n) is 8.29. The Morgan fingerprint density at radius 2 is 2.24 bits per heavy atom. The summed E-state index contributed by atoms with van der Waals surface area (Å²) in [6.07, 6.45) is 5.52. The lowest BCUT2D eigenvalue weighted by Crippen LogP contribution is -2.19. The smallest absolute Gasteiger partial charge is 0.309 e. The molecule has 0 saturated carbocycles. The van der Waals surface area contributed by atoms with Gasteiger partial charge in [0.25, 0.3) is 5.91 Å². The topological polar surface area (TPSA) is 90.3 Å². The number of carbonyl (C=O) groups is 2. The van der Waals surface area contributed by atoms with Crippen LogP contribution in [0.15, 0.2) is 12.2 Å². The van der Waals surface area contributed by atoms with E-state index in [0.29, 0.717) is 18.1 Å². The molecule has 8 heteroatoms. The number of allylic oxidation sites excluding steroid dienone is 2. The number of esters is 1. The lowest BCUT2D eigenvalue weighted by atomic mass is 9.86. The van der Waals surface area contributed by atoms with Gasteiger partial charge in [-0.1, -0.05) is 6.08 Å². The van der Waals surface area contributed by atoms with Crippen molar-refractivity contribution < 1.29 is 18.5 Å². The Bertz CT molecular complexity index is 822. The van der Waals surface area contributed by atoms with Crippen LogP contribution in [0.1, 0.15) is 43.1 Å². The Hall–Kier alpha value is -2.22. The molecule has 7 nitrogen and oxygen atoms in total. The van der Waals surface area contributed by atoms with Gasteiger partial charge in [-0.25, -0.2) is 8.89 Å². The summed E-state index contributed by atoms with van der Waals surface area (Å²) >= 11 is 0. The molecule has 0 aromatic carbocycles. The van der Waals surface area contributed by atoms with Gasteiger partial charge >= 0.3 is 5.97 Å². The van der Waals surface area contributed by atoms with Crippen LogP contribution < -0.4 is 4.72 Å². The highest BCUT2D eigenvalue weighted by Gasteiger charge is 2.28. The number of nitrogens with zero attached hydrogens (tertiary/aromatic N) is 2. The molecule has 2 atom stereocenters. The highest BCUT2D eigenvalue weighted by atomic mass is 32.2. The van der Waals surface area contributed by atoms with Crippen molar-refractivity contribution in [2.24, 2.45) is 5.92 Å². The number of hydrogen-bond acceptors (Lipinski definition) is 5. The summed E-state index contributed by atoms with van der Waals surface area (Å²) in [6, 6.07) is 0. The molecule has 1 N–H and O–H groups in total. The Morgan fingerprint density at radius 3 is 2.80 bits per heavy atom. The van der Waals surface area contributed by atoms with Gasteiger partial charge in [0.2, 0.25) is 0 Å². The Morgan fingerprint density at radius 1 is 1.48 bits per heavy atom. The van der Waals surface area contributed by atoms with Crippen LogP contribution in [-0.2, 0) is 25.3 Å². The third kappa shape index (κ3) is 3.30. The van der Waals surface area contributed by atoms with Crippen molar-refractivity contribution in [2.75, 3.05) is 6.61 Å². The first kappa shape index (κ1) is 17.6. The molecule has 2 heterocycles. The number of amides is 1. The van der Waals surface area contributed by atoms with Crippen molar-refractivity contribution in [3.8, 4) is 0 Å². The molecule has 2 unspecified atom stereocenters. The van der Waals surface area contributed by atoms with E-state index in [0.717, 1.165) is 35.4 Å². The van der Waals surface area contributed by atoms with E-state index >= 15 is 0 Å². The van der Waals surface area contributed by atoms with E-state index in [1.165, 1.54) is 6.08 Å². The van der Waals surface area contributed by atoms with Crippen molar-refractivity contribution in [3.05, 3.63) is 29.1 Å². The Labute approximate surface area is 148 Å². The van der Waals surface area contributed by atoms with Gasteiger partial charge in [0.05, 0.1) is 18.2 Å². The molecule has 0 radical (unpaired) electrons. The summed E-state index contributed by atoms with van der Waals surface area (Å²) in [6.45, 7) is 6.00. The highest BCUT2D eigenvalue weighted by Crippen LogP contribution is 2.35. The van der Waals surface area contributed by atoms with Gasteiger partial charge in [0.15, 0.2) is 16.0 Å². The second-order valence-corrected chi connectivity index (χ2v) is 7.29. The fraction of sp³-hybridized carbons (Fsp3) is 0.471. The average molecular weight is 363 g/mol. The molecular formula is C17H21N3O4S. The molecule has 1 aromatic rings. The third-order valence-electron chi connectivity index (χ3n) is 4.49. The van der Waals surface area contributed by atoms with E-state index in [1.54, 1.807) is 4.68 Å². The zero-order chi connectivity index (χ0) is 18.1. The number of hydrogen-bond donors (Lipinski definition) is 1. The zero-order valence-electron chi connectivity index (χ0n) is 14.5. The quantitative estimate of drug-likeness (QED) is 0.825. The van der Waals surface area contributed by atoms with Crippen LogP contribution in [0.3, 0.4) is 0 Å². The molecular weight excluding hydrogens is 342 g/mol. The van der Waals surface area contributed by atoms with Gasteiger partial charge in [-0.3, -0.25) is 14.3 Å². The van der Waals surface area contributed by atoms with E-state index in [9.17, 15) is 13.8 Å². The monoisotopic (exact) mass is 363 g/mol. The SMILES string of the molecule is CCOC(=O)C1CC=C(c2c(C)nn(C3=CC(=O)NS3=O)c2C)CC1. The average Bonchev–Trinajstić information content (AvgIpc) is 3.06. The van der Waals surface area contributed by atoms with Crippen LogP contribution in [-0.4, -0.2) is 32.5 Å².